The van der Waals surface area contributed by atoms with Crippen molar-refractivity contribution >= 4 is 29.2 Å². The Hall–Kier alpha value is -0.970. The molecule has 0 amide bonds. The highest BCUT2D eigenvalue weighted by Gasteiger charge is 2.01. The molecule has 0 bridgehead atoms. The van der Waals surface area contributed by atoms with Crippen molar-refractivity contribution in [2.45, 2.75) is 12.8 Å². The normalized spacial score (nSPS) is 10.3. The minimum absolute atomic E-state index is 0.177. The van der Waals surface area contributed by atoms with E-state index in [1.165, 1.54) is 0 Å². The number of carbonyl (C=O) groups is 1. The Balaban J connectivity index is 2.12. The quantitative estimate of drug-likeness (QED) is 0.723. The zero-order valence-corrected chi connectivity index (χ0v) is 11.3. The molecule has 18 heavy (non-hydrogen) atoms. The summed E-state index contributed by atoms with van der Waals surface area (Å²) in [6, 6.07) is 5.05. The molecule has 4 nitrogen and oxygen atoms in total. The van der Waals surface area contributed by atoms with E-state index in [9.17, 15) is 4.79 Å². The predicted molar refractivity (Wildman–Crippen MR) is 71.7 cm³/mol. The van der Waals surface area contributed by atoms with Crippen LogP contribution >= 0.6 is 23.2 Å². The van der Waals surface area contributed by atoms with Crippen molar-refractivity contribution in [2.24, 2.45) is 0 Å². The van der Waals surface area contributed by atoms with E-state index in [4.69, 9.17) is 33.0 Å². The summed E-state index contributed by atoms with van der Waals surface area (Å²) >= 11 is 11.7. The van der Waals surface area contributed by atoms with E-state index < -0.39 is 5.97 Å². The van der Waals surface area contributed by atoms with Crippen LogP contribution in [0.1, 0.15) is 12.8 Å². The Morgan fingerprint density at radius 1 is 1.33 bits per heavy atom. The van der Waals surface area contributed by atoms with Gasteiger partial charge in [0.05, 0.1) is 5.02 Å². The highest BCUT2D eigenvalue weighted by molar-refractivity contribution is 6.35. The van der Waals surface area contributed by atoms with Crippen molar-refractivity contribution in [3.63, 3.8) is 0 Å². The van der Waals surface area contributed by atoms with E-state index in [2.05, 4.69) is 5.32 Å². The zero-order valence-electron chi connectivity index (χ0n) is 9.79. The number of ether oxygens (including phenoxy) is 1. The van der Waals surface area contributed by atoms with Crippen LogP contribution in [0.4, 0.5) is 0 Å². The second kappa shape index (κ2) is 8.19. The number of hydrogen-bond donors (Lipinski definition) is 2. The van der Waals surface area contributed by atoms with Gasteiger partial charge >= 0.3 is 5.97 Å². The lowest BCUT2D eigenvalue weighted by molar-refractivity contribution is -0.137. The highest BCUT2D eigenvalue weighted by Crippen LogP contribution is 2.27. The van der Waals surface area contributed by atoms with Crippen LogP contribution in [0.2, 0.25) is 10.0 Å². The van der Waals surface area contributed by atoms with Gasteiger partial charge in [-0.15, -0.1) is 0 Å². The molecule has 0 aliphatic carbocycles. The van der Waals surface area contributed by atoms with Crippen LogP contribution in [-0.2, 0) is 4.79 Å². The first-order chi connectivity index (χ1) is 8.59. The molecule has 0 fully saturated rings. The molecule has 2 N–H and O–H groups in total. The lowest BCUT2D eigenvalue weighted by Gasteiger charge is -2.08. The average Bonchev–Trinajstić information content (AvgIpc) is 2.30. The Bertz CT molecular complexity index is 399. The van der Waals surface area contributed by atoms with Gasteiger partial charge in [0.25, 0.3) is 0 Å². The van der Waals surface area contributed by atoms with Crippen molar-refractivity contribution in [1.82, 2.24) is 5.32 Å². The van der Waals surface area contributed by atoms with Crippen LogP contribution < -0.4 is 10.1 Å². The molecule has 1 aromatic carbocycles. The van der Waals surface area contributed by atoms with Crippen LogP contribution in [0.15, 0.2) is 18.2 Å². The van der Waals surface area contributed by atoms with Gasteiger partial charge < -0.3 is 15.2 Å². The summed E-state index contributed by atoms with van der Waals surface area (Å²) in [5, 5.41) is 12.6. The molecule has 0 spiro atoms. The van der Waals surface area contributed by atoms with E-state index in [0.29, 0.717) is 41.9 Å². The number of hydrogen-bond acceptors (Lipinski definition) is 3. The monoisotopic (exact) mass is 291 g/mol. The molecule has 0 heterocycles. The first kappa shape index (κ1) is 15.1. The van der Waals surface area contributed by atoms with Crippen LogP contribution in [-0.4, -0.2) is 30.8 Å². The number of halogens is 2. The molecule has 0 aliphatic rings. The Labute approximate surface area is 116 Å². The maximum Gasteiger partial charge on any atom is 0.303 e. The minimum Gasteiger partial charge on any atom is -0.491 e. The summed E-state index contributed by atoms with van der Waals surface area (Å²) in [6.07, 6.45) is 0.786. The summed E-state index contributed by atoms with van der Waals surface area (Å²) in [4.78, 5) is 10.3. The standard InChI is InChI=1S/C12H15Cl2NO3/c13-9-3-4-11(10(14)8-9)18-7-6-15-5-1-2-12(16)17/h3-4,8,15H,1-2,5-7H2,(H,16,17). The Morgan fingerprint density at radius 2 is 2.11 bits per heavy atom. The number of benzene rings is 1. The van der Waals surface area contributed by atoms with Crippen molar-refractivity contribution < 1.29 is 14.6 Å². The van der Waals surface area contributed by atoms with Crippen molar-refractivity contribution in [2.75, 3.05) is 19.7 Å². The fourth-order valence-electron chi connectivity index (χ4n) is 1.32. The lowest BCUT2D eigenvalue weighted by Crippen LogP contribution is -2.22. The molecule has 0 radical (unpaired) electrons. The number of aliphatic carboxylic acids is 1. The first-order valence-electron chi connectivity index (χ1n) is 5.60. The Morgan fingerprint density at radius 3 is 2.78 bits per heavy atom. The van der Waals surface area contributed by atoms with Crippen molar-refractivity contribution in [3.8, 4) is 5.75 Å². The van der Waals surface area contributed by atoms with E-state index in [1.807, 2.05) is 0 Å². The van der Waals surface area contributed by atoms with E-state index in [0.717, 1.165) is 0 Å². The number of nitrogens with one attached hydrogen (secondary N) is 1. The highest BCUT2D eigenvalue weighted by atomic mass is 35.5. The second-order valence-corrected chi connectivity index (χ2v) is 4.51. The summed E-state index contributed by atoms with van der Waals surface area (Å²) in [6.45, 7) is 1.76. The number of carboxylic acid groups (broad SMARTS) is 1. The molecule has 6 heteroatoms. The first-order valence-corrected chi connectivity index (χ1v) is 6.35. The van der Waals surface area contributed by atoms with Gasteiger partial charge in [-0.2, -0.15) is 0 Å². The number of carboxylic acids is 1. The van der Waals surface area contributed by atoms with Gasteiger partial charge in [0.1, 0.15) is 12.4 Å². The molecule has 0 atom stereocenters. The fraction of sp³-hybridized carbons (Fsp3) is 0.417. The maximum absolute atomic E-state index is 10.3. The van der Waals surface area contributed by atoms with Gasteiger partial charge in [-0.1, -0.05) is 23.2 Å². The van der Waals surface area contributed by atoms with Gasteiger partial charge in [-0.25, -0.2) is 0 Å². The molecule has 0 aromatic heterocycles. The average molecular weight is 292 g/mol. The van der Waals surface area contributed by atoms with Gasteiger partial charge in [0, 0.05) is 18.0 Å². The molecule has 0 unspecified atom stereocenters. The van der Waals surface area contributed by atoms with Gasteiger partial charge in [0.15, 0.2) is 0 Å². The van der Waals surface area contributed by atoms with Crippen LogP contribution in [0.25, 0.3) is 0 Å². The Kier molecular flexibility index (Phi) is 6.86. The smallest absolute Gasteiger partial charge is 0.303 e. The molecule has 100 valence electrons. The largest absolute Gasteiger partial charge is 0.491 e. The minimum atomic E-state index is -0.777. The van der Waals surface area contributed by atoms with Crippen LogP contribution in [0, 0.1) is 0 Å². The van der Waals surface area contributed by atoms with Crippen molar-refractivity contribution in [3.05, 3.63) is 28.2 Å². The SMILES string of the molecule is O=C(O)CCCNCCOc1ccc(Cl)cc1Cl. The van der Waals surface area contributed by atoms with Gasteiger partial charge in [-0.3, -0.25) is 4.79 Å². The molecule has 0 aliphatic heterocycles. The third-order valence-corrected chi connectivity index (χ3v) is 2.70. The van der Waals surface area contributed by atoms with E-state index in [-0.39, 0.29) is 6.42 Å². The fourth-order valence-corrected chi connectivity index (χ4v) is 1.78. The zero-order chi connectivity index (χ0) is 13.4. The van der Waals surface area contributed by atoms with E-state index >= 15 is 0 Å². The summed E-state index contributed by atoms with van der Waals surface area (Å²) in [5.41, 5.74) is 0. The van der Waals surface area contributed by atoms with Gasteiger partial charge in [-0.05, 0) is 31.2 Å². The molecular formula is C12H15Cl2NO3. The van der Waals surface area contributed by atoms with E-state index in [1.54, 1.807) is 18.2 Å². The topological polar surface area (TPSA) is 58.6 Å². The summed E-state index contributed by atoms with van der Waals surface area (Å²) in [7, 11) is 0. The lowest BCUT2D eigenvalue weighted by atomic mass is 10.3. The van der Waals surface area contributed by atoms with Crippen molar-refractivity contribution in [1.29, 1.82) is 0 Å². The molecule has 0 saturated heterocycles. The summed E-state index contributed by atoms with van der Waals surface area (Å²) in [5.74, 6) is -0.186. The third kappa shape index (κ3) is 6.10. The molecular weight excluding hydrogens is 277 g/mol. The van der Waals surface area contributed by atoms with Gasteiger partial charge in [0.2, 0.25) is 0 Å². The second-order valence-electron chi connectivity index (χ2n) is 3.67. The number of rotatable bonds is 8. The molecule has 1 aromatic rings. The molecule has 0 saturated carbocycles. The van der Waals surface area contributed by atoms with Crippen LogP contribution in [0.5, 0.6) is 5.75 Å². The summed E-state index contributed by atoms with van der Waals surface area (Å²) < 4.78 is 5.45. The maximum atomic E-state index is 10.3. The third-order valence-electron chi connectivity index (χ3n) is 2.17. The molecule has 1 rings (SSSR count). The van der Waals surface area contributed by atoms with Crippen LogP contribution in [0.3, 0.4) is 0 Å². The predicted octanol–water partition coefficient (Wildman–Crippen LogP) is 2.83.